The summed E-state index contributed by atoms with van der Waals surface area (Å²) in [5.41, 5.74) is -0.335. The van der Waals surface area contributed by atoms with Gasteiger partial charge in [0.25, 0.3) is 5.69 Å². The summed E-state index contributed by atoms with van der Waals surface area (Å²) in [4.78, 5) is 39.8. The molecular formula is C46H61NO11. The molecule has 0 aromatic heterocycles. The van der Waals surface area contributed by atoms with Crippen LogP contribution >= 0.6 is 0 Å². The van der Waals surface area contributed by atoms with Gasteiger partial charge in [-0.15, -0.1) is 0 Å². The number of non-ortho nitro benzene ring substituents is 1. The van der Waals surface area contributed by atoms with Crippen molar-refractivity contribution >= 4 is 17.6 Å². The van der Waals surface area contributed by atoms with Gasteiger partial charge in [-0.1, -0.05) is 82.5 Å². The van der Waals surface area contributed by atoms with Crippen LogP contribution < -0.4 is 0 Å². The van der Waals surface area contributed by atoms with Crippen LogP contribution in [-0.2, 0) is 38.7 Å². The molecule has 12 nitrogen and oxygen atoms in total. The molecule has 1 aromatic carbocycles. The Labute approximate surface area is 341 Å². The number of allylic oxidation sites excluding steroid dienone is 2. The van der Waals surface area contributed by atoms with Crippen molar-refractivity contribution in [2.45, 2.75) is 159 Å². The van der Waals surface area contributed by atoms with E-state index in [0.29, 0.717) is 67.1 Å². The number of rotatable bonds is 6. The first kappa shape index (κ1) is 42.4. The molecule has 12 heteroatoms. The molecular weight excluding hydrogens is 743 g/mol. The number of carbonyl (C=O) groups excluding carboxylic acids is 2. The Morgan fingerprint density at radius 2 is 1.79 bits per heavy atom. The monoisotopic (exact) mass is 803 g/mol. The van der Waals surface area contributed by atoms with Gasteiger partial charge in [0.2, 0.25) is 0 Å². The summed E-state index contributed by atoms with van der Waals surface area (Å²) in [7, 11) is 0. The Balaban J connectivity index is 1.25. The van der Waals surface area contributed by atoms with E-state index in [1.165, 1.54) is 12.1 Å². The molecule has 2 aliphatic carbocycles. The van der Waals surface area contributed by atoms with Crippen LogP contribution in [0.2, 0.25) is 0 Å². The number of carbonyl (C=O) groups is 2. The number of hydrogen-bond acceptors (Lipinski definition) is 11. The zero-order valence-corrected chi connectivity index (χ0v) is 34.8. The van der Waals surface area contributed by atoms with Gasteiger partial charge in [-0.3, -0.25) is 19.7 Å². The second-order valence-electron chi connectivity index (χ2n) is 18.0. The van der Waals surface area contributed by atoms with E-state index in [9.17, 15) is 29.9 Å². The fraction of sp³-hybridized carbons (Fsp3) is 0.652. The Kier molecular flexibility index (Phi) is 12.3. The maximum absolute atomic E-state index is 14.5. The van der Waals surface area contributed by atoms with Gasteiger partial charge in [-0.05, 0) is 80.6 Å². The second-order valence-corrected chi connectivity index (χ2v) is 18.0. The molecule has 2 bridgehead atoms. The van der Waals surface area contributed by atoms with Gasteiger partial charge >= 0.3 is 11.9 Å². The van der Waals surface area contributed by atoms with Crippen molar-refractivity contribution in [1.29, 1.82) is 0 Å². The van der Waals surface area contributed by atoms with Crippen molar-refractivity contribution in [3.05, 3.63) is 87.0 Å². The Hall–Kier alpha value is -3.68. The molecule has 1 unspecified atom stereocenters. The maximum Gasteiger partial charge on any atom is 0.317 e. The van der Waals surface area contributed by atoms with Gasteiger partial charge in [0.05, 0.1) is 29.2 Å². The van der Waals surface area contributed by atoms with E-state index < -0.39 is 64.1 Å². The highest BCUT2D eigenvalue weighted by Crippen LogP contribution is 2.49. The topological polar surface area (TPSA) is 164 Å². The summed E-state index contributed by atoms with van der Waals surface area (Å²) in [6.45, 7) is 12.2. The highest BCUT2D eigenvalue weighted by molar-refractivity contribution is 5.84. The molecule has 58 heavy (non-hydrogen) atoms. The Morgan fingerprint density at radius 3 is 2.47 bits per heavy atom. The van der Waals surface area contributed by atoms with Crippen molar-refractivity contribution in [1.82, 2.24) is 0 Å². The zero-order valence-electron chi connectivity index (χ0n) is 34.8. The summed E-state index contributed by atoms with van der Waals surface area (Å²) >= 11 is 0. The molecule has 12 atom stereocenters. The minimum absolute atomic E-state index is 0.00246. The van der Waals surface area contributed by atoms with Crippen LogP contribution in [0.1, 0.15) is 111 Å². The molecule has 1 spiro atoms. The van der Waals surface area contributed by atoms with Crippen LogP contribution in [0.25, 0.3) is 0 Å². The summed E-state index contributed by atoms with van der Waals surface area (Å²) < 4.78 is 32.6. The first-order chi connectivity index (χ1) is 27.6. The van der Waals surface area contributed by atoms with Crippen LogP contribution in [0.15, 0.2) is 71.4 Å². The number of aliphatic hydroxyl groups is 2. The predicted molar refractivity (Wildman–Crippen MR) is 215 cm³/mol. The lowest BCUT2D eigenvalue weighted by molar-refractivity contribution is -0.384. The van der Waals surface area contributed by atoms with E-state index in [-0.39, 0.29) is 30.3 Å². The average Bonchev–Trinajstić information content (AvgIpc) is 3.83. The SMILES string of the molecule is CCC(C)[C@H]1CC[C@]2(C[C@@H]3C[C@@H](C/C=C(\C)[C@H](OC(=O)C4(c5ccc([N+](=O)[O-])cc5)CCCC4)[C@@H](C)/C=C/C=C4\CO[C@@H]5[C@H](O)C(C)=C[C@@H](C(=O)O3)[C@]45O)O2)O[C@@H]1C. The Morgan fingerprint density at radius 1 is 1.07 bits per heavy atom. The van der Waals surface area contributed by atoms with Crippen LogP contribution in [0, 0.1) is 33.8 Å². The van der Waals surface area contributed by atoms with Crippen molar-refractivity contribution < 1.29 is 48.4 Å². The van der Waals surface area contributed by atoms with Crippen molar-refractivity contribution in [3.63, 3.8) is 0 Å². The zero-order chi connectivity index (χ0) is 41.6. The Bertz CT molecular complexity index is 1840. The third-order valence-corrected chi connectivity index (χ3v) is 14.3. The summed E-state index contributed by atoms with van der Waals surface area (Å²) in [6, 6.07) is 6.24. The van der Waals surface area contributed by atoms with Crippen LogP contribution in [-0.4, -0.2) is 81.7 Å². The van der Waals surface area contributed by atoms with Crippen LogP contribution in [0.5, 0.6) is 0 Å². The number of nitrogens with zero attached hydrogens (tertiary/aromatic N) is 1. The summed E-state index contributed by atoms with van der Waals surface area (Å²) in [6.07, 6.45) is 11.8. The van der Waals surface area contributed by atoms with Gasteiger partial charge in [0.15, 0.2) is 5.79 Å². The molecule has 2 N–H and O–H groups in total. The number of aliphatic hydroxyl groups excluding tert-OH is 1. The number of hydrogen-bond donors (Lipinski definition) is 2. The fourth-order valence-electron chi connectivity index (χ4n) is 10.7. The van der Waals surface area contributed by atoms with Gasteiger partial charge in [0.1, 0.15) is 35.9 Å². The van der Waals surface area contributed by atoms with Gasteiger partial charge < -0.3 is 33.9 Å². The number of nitro groups is 1. The van der Waals surface area contributed by atoms with Crippen molar-refractivity contribution in [3.8, 4) is 0 Å². The van der Waals surface area contributed by atoms with E-state index in [1.807, 2.05) is 19.9 Å². The summed E-state index contributed by atoms with van der Waals surface area (Å²) in [5.74, 6) is -2.54. The molecule has 4 heterocycles. The quantitative estimate of drug-likeness (QED) is 0.127. The molecule has 3 saturated heterocycles. The first-order valence-electron chi connectivity index (χ1n) is 21.4. The van der Waals surface area contributed by atoms with Gasteiger partial charge in [-0.2, -0.15) is 0 Å². The molecule has 4 fully saturated rings. The molecule has 1 saturated carbocycles. The molecule has 0 radical (unpaired) electrons. The second kappa shape index (κ2) is 16.8. The third kappa shape index (κ3) is 7.87. The minimum Gasteiger partial charge on any atom is -0.462 e. The summed E-state index contributed by atoms with van der Waals surface area (Å²) in [5, 5.41) is 35.0. The highest BCUT2D eigenvalue weighted by Gasteiger charge is 2.60. The first-order valence-corrected chi connectivity index (χ1v) is 21.4. The lowest BCUT2D eigenvalue weighted by Crippen LogP contribution is -2.58. The van der Waals surface area contributed by atoms with E-state index in [0.717, 1.165) is 31.3 Å². The number of esters is 2. The maximum atomic E-state index is 14.5. The average molecular weight is 804 g/mol. The van der Waals surface area contributed by atoms with E-state index in [1.54, 1.807) is 37.3 Å². The van der Waals surface area contributed by atoms with E-state index in [4.69, 9.17) is 23.7 Å². The van der Waals surface area contributed by atoms with Crippen molar-refractivity contribution in [2.24, 2.45) is 23.7 Å². The normalized spacial score (nSPS) is 40.5. The number of ether oxygens (including phenoxy) is 5. The van der Waals surface area contributed by atoms with E-state index in [2.05, 4.69) is 26.8 Å². The molecule has 4 aliphatic heterocycles. The van der Waals surface area contributed by atoms with Gasteiger partial charge in [-0.25, -0.2) is 0 Å². The van der Waals surface area contributed by atoms with E-state index >= 15 is 0 Å². The highest BCUT2D eigenvalue weighted by atomic mass is 16.7. The predicted octanol–water partition coefficient (Wildman–Crippen LogP) is 7.50. The van der Waals surface area contributed by atoms with Crippen LogP contribution in [0.3, 0.4) is 0 Å². The standard InChI is InChI=1S/C46H61NO11/c1-7-27(2)37-19-22-45(57-31(37)6)25-36-24-35(58-45)18-13-29(4)40(56-43(50)44(20-8-9-21-44)32-14-16-34(17-15-32)47(52)53)28(3)11-10-12-33-26-54-41-39(48)30(5)23-38(42(49)55-36)46(33,41)51/h10-17,23,27-28,31,35-41,48,51H,7-9,18-22,24-26H2,1-6H3/b11-10+,29-13+,33-12+/t27?,28-,31+,35+,36-,37+,38-,39+,40+,41+,45-,46+/m0/s1. The smallest absolute Gasteiger partial charge is 0.317 e. The minimum atomic E-state index is -1.86. The lowest BCUT2D eigenvalue weighted by atomic mass is 9.71. The molecule has 0 amide bonds. The molecule has 6 aliphatic rings. The molecule has 316 valence electrons. The largest absolute Gasteiger partial charge is 0.462 e. The number of fused-ring (bicyclic) bond motifs is 2. The van der Waals surface area contributed by atoms with Crippen LogP contribution in [0.4, 0.5) is 5.69 Å². The van der Waals surface area contributed by atoms with Crippen molar-refractivity contribution in [2.75, 3.05) is 6.61 Å². The molecule has 1 aromatic rings. The number of benzene rings is 1. The van der Waals surface area contributed by atoms with Gasteiger partial charge in [0, 0.05) is 37.3 Å². The number of nitro benzene ring substituents is 1. The third-order valence-electron chi connectivity index (χ3n) is 14.3. The molecule has 7 rings (SSSR count). The lowest BCUT2D eigenvalue weighted by Gasteiger charge is -2.50. The fourth-order valence-corrected chi connectivity index (χ4v) is 10.7.